The number of aryl methyl sites for hydroxylation is 1. The topological polar surface area (TPSA) is 59.6 Å². The number of urea groups is 1. The Bertz CT molecular complexity index is 699. The Labute approximate surface area is 149 Å². The molecule has 5 heteroatoms. The molecule has 0 aliphatic heterocycles. The van der Waals surface area contributed by atoms with Crippen molar-refractivity contribution in [3.63, 3.8) is 0 Å². The van der Waals surface area contributed by atoms with Crippen LogP contribution in [0.25, 0.3) is 0 Å². The molecule has 2 N–H and O–H groups in total. The molecule has 0 aromatic heterocycles. The van der Waals surface area contributed by atoms with Gasteiger partial charge >= 0.3 is 6.03 Å². The molecular formula is C20H26N2O3. The predicted octanol–water partition coefficient (Wildman–Crippen LogP) is 3.96. The van der Waals surface area contributed by atoms with Crippen LogP contribution in [0.1, 0.15) is 36.1 Å². The Kier molecular flexibility index (Phi) is 6.69. The number of carbonyl (C=O) groups excluding carboxylic acids is 1. The van der Waals surface area contributed by atoms with Gasteiger partial charge in [-0.3, -0.25) is 0 Å². The van der Waals surface area contributed by atoms with E-state index < -0.39 is 0 Å². The number of ether oxygens (including phenoxy) is 2. The third kappa shape index (κ3) is 5.14. The van der Waals surface area contributed by atoms with Crippen LogP contribution in [-0.2, 0) is 6.54 Å². The molecule has 1 atom stereocenters. The average molecular weight is 342 g/mol. The molecule has 25 heavy (non-hydrogen) atoms. The molecule has 2 rings (SSSR count). The number of carbonyl (C=O) groups is 1. The highest BCUT2D eigenvalue weighted by Crippen LogP contribution is 2.27. The SMILES string of the molecule is CC[C@H](NC(=O)NCc1ccc(OC)c(OC)c1)c1ccc(C)cc1. The van der Waals surface area contributed by atoms with E-state index in [1.807, 2.05) is 25.1 Å². The summed E-state index contributed by atoms with van der Waals surface area (Å²) in [6.45, 7) is 4.52. The lowest BCUT2D eigenvalue weighted by atomic mass is 10.0. The monoisotopic (exact) mass is 342 g/mol. The zero-order chi connectivity index (χ0) is 18.2. The van der Waals surface area contributed by atoms with Gasteiger partial charge in [-0.05, 0) is 36.6 Å². The lowest BCUT2D eigenvalue weighted by Gasteiger charge is -2.18. The predicted molar refractivity (Wildman–Crippen MR) is 99.1 cm³/mol. The van der Waals surface area contributed by atoms with Crippen LogP contribution in [-0.4, -0.2) is 20.3 Å². The Hall–Kier alpha value is -2.69. The molecule has 134 valence electrons. The first kappa shape index (κ1) is 18.6. The first-order valence-corrected chi connectivity index (χ1v) is 8.39. The van der Waals surface area contributed by atoms with Crippen LogP contribution in [0, 0.1) is 6.92 Å². The van der Waals surface area contributed by atoms with Gasteiger partial charge in [0.2, 0.25) is 0 Å². The maximum atomic E-state index is 12.2. The van der Waals surface area contributed by atoms with Crippen molar-refractivity contribution >= 4 is 6.03 Å². The molecule has 0 bridgehead atoms. The number of benzene rings is 2. The molecule has 0 aliphatic carbocycles. The smallest absolute Gasteiger partial charge is 0.315 e. The van der Waals surface area contributed by atoms with Crippen LogP contribution in [0.2, 0.25) is 0 Å². The van der Waals surface area contributed by atoms with Gasteiger partial charge in [0.05, 0.1) is 20.3 Å². The Morgan fingerprint density at radius 1 is 1.04 bits per heavy atom. The second-order valence-electron chi connectivity index (χ2n) is 5.89. The third-order valence-corrected chi connectivity index (χ3v) is 4.09. The minimum absolute atomic E-state index is 0.00833. The largest absolute Gasteiger partial charge is 0.493 e. The van der Waals surface area contributed by atoms with Gasteiger partial charge in [0.15, 0.2) is 11.5 Å². The summed E-state index contributed by atoms with van der Waals surface area (Å²) in [7, 11) is 3.19. The first-order chi connectivity index (χ1) is 12.1. The minimum atomic E-state index is -0.192. The molecule has 0 saturated carbocycles. The molecule has 5 nitrogen and oxygen atoms in total. The summed E-state index contributed by atoms with van der Waals surface area (Å²) in [6.07, 6.45) is 0.826. The van der Waals surface area contributed by atoms with Gasteiger partial charge < -0.3 is 20.1 Å². The molecule has 0 aliphatic rings. The second kappa shape index (κ2) is 8.97. The van der Waals surface area contributed by atoms with Crippen molar-refractivity contribution in [1.29, 1.82) is 0 Å². The second-order valence-corrected chi connectivity index (χ2v) is 5.89. The fourth-order valence-electron chi connectivity index (χ4n) is 2.60. The van der Waals surface area contributed by atoms with Crippen molar-refractivity contribution < 1.29 is 14.3 Å². The maximum Gasteiger partial charge on any atom is 0.315 e. The van der Waals surface area contributed by atoms with Crippen molar-refractivity contribution in [3.8, 4) is 11.5 Å². The highest BCUT2D eigenvalue weighted by atomic mass is 16.5. The van der Waals surface area contributed by atoms with Gasteiger partial charge in [-0.1, -0.05) is 42.8 Å². The normalized spacial score (nSPS) is 11.5. The zero-order valence-electron chi connectivity index (χ0n) is 15.3. The van der Waals surface area contributed by atoms with Gasteiger partial charge in [0, 0.05) is 6.54 Å². The average Bonchev–Trinajstić information content (AvgIpc) is 2.64. The van der Waals surface area contributed by atoms with Crippen LogP contribution in [0.4, 0.5) is 4.79 Å². The van der Waals surface area contributed by atoms with E-state index >= 15 is 0 Å². The molecule has 0 saturated heterocycles. The van der Waals surface area contributed by atoms with Gasteiger partial charge in [-0.2, -0.15) is 0 Å². The molecule has 0 fully saturated rings. The molecular weight excluding hydrogens is 316 g/mol. The summed E-state index contributed by atoms with van der Waals surface area (Å²) >= 11 is 0. The van der Waals surface area contributed by atoms with Crippen molar-refractivity contribution in [2.75, 3.05) is 14.2 Å². The van der Waals surface area contributed by atoms with E-state index in [0.29, 0.717) is 18.0 Å². The number of hydrogen-bond acceptors (Lipinski definition) is 3. The van der Waals surface area contributed by atoms with Crippen LogP contribution in [0.5, 0.6) is 11.5 Å². The minimum Gasteiger partial charge on any atom is -0.493 e. The Morgan fingerprint density at radius 2 is 1.72 bits per heavy atom. The summed E-state index contributed by atoms with van der Waals surface area (Å²) in [5.74, 6) is 1.31. The number of hydrogen-bond donors (Lipinski definition) is 2. The summed E-state index contributed by atoms with van der Waals surface area (Å²) in [4.78, 5) is 12.2. The highest BCUT2D eigenvalue weighted by molar-refractivity contribution is 5.74. The van der Waals surface area contributed by atoms with Crippen molar-refractivity contribution in [2.45, 2.75) is 32.9 Å². The summed E-state index contributed by atoms with van der Waals surface area (Å²) in [5.41, 5.74) is 3.25. The summed E-state index contributed by atoms with van der Waals surface area (Å²) in [5, 5.41) is 5.91. The van der Waals surface area contributed by atoms with Gasteiger partial charge in [-0.15, -0.1) is 0 Å². The van der Waals surface area contributed by atoms with E-state index in [0.717, 1.165) is 17.5 Å². The lowest BCUT2D eigenvalue weighted by Crippen LogP contribution is -2.37. The Morgan fingerprint density at radius 3 is 2.32 bits per heavy atom. The van der Waals surface area contributed by atoms with Gasteiger partial charge in [0.1, 0.15) is 0 Å². The van der Waals surface area contributed by atoms with Crippen molar-refractivity contribution in [1.82, 2.24) is 10.6 Å². The first-order valence-electron chi connectivity index (χ1n) is 8.39. The number of amides is 2. The standard InChI is InChI=1S/C20H26N2O3/c1-5-17(16-9-6-14(2)7-10-16)22-20(23)21-13-15-8-11-18(24-3)19(12-15)25-4/h6-12,17H,5,13H2,1-4H3,(H2,21,22,23)/t17-/m0/s1. The summed E-state index contributed by atoms with van der Waals surface area (Å²) in [6, 6.07) is 13.6. The van der Waals surface area contributed by atoms with E-state index in [9.17, 15) is 4.79 Å². The molecule has 0 unspecified atom stereocenters. The maximum absolute atomic E-state index is 12.2. The number of nitrogens with one attached hydrogen (secondary N) is 2. The molecule has 0 heterocycles. The highest BCUT2D eigenvalue weighted by Gasteiger charge is 2.12. The third-order valence-electron chi connectivity index (χ3n) is 4.09. The number of rotatable bonds is 7. The fourth-order valence-corrected chi connectivity index (χ4v) is 2.60. The molecule has 2 amide bonds. The molecule has 0 radical (unpaired) electrons. The Balaban J connectivity index is 1.94. The molecule has 2 aromatic rings. The van der Waals surface area contributed by atoms with E-state index in [2.05, 4.69) is 41.8 Å². The van der Waals surface area contributed by atoms with Crippen LogP contribution < -0.4 is 20.1 Å². The van der Waals surface area contributed by atoms with E-state index in [-0.39, 0.29) is 12.1 Å². The fraction of sp³-hybridized carbons (Fsp3) is 0.350. The van der Waals surface area contributed by atoms with Gasteiger partial charge in [0.25, 0.3) is 0 Å². The quantitative estimate of drug-likeness (QED) is 0.800. The number of methoxy groups -OCH3 is 2. The van der Waals surface area contributed by atoms with Crippen molar-refractivity contribution in [3.05, 3.63) is 59.2 Å². The van der Waals surface area contributed by atoms with Crippen LogP contribution in [0.3, 0.4) is 0 Å². The summed E-state index contributed by atoms with van der Waals surface area (Å²) < 4.78 is 10.5. The van der Waals surface area contributed by atoms with Crippen LogP contribution in [0.15, 0.2) is 42.5 Å². The van der Waals surface area contributed by atoms with Gasteiger partial charge in [-0.25, -0.2) is 4.79 Å². The van der Waals surface area contributed by atoms with E-state index in [1.165, 1.54) is 5.56 Å². The lowest BCUT2D eigenvalue weighted by molar-refractivity contribution is 0.236. The molecule has 2 aromatic carbocycles. The van der Waals surface area contributed by atoms with E-state index in [1.54, 1.807) is 14.2 Å². The van der Waals surface area contributed by atoms with E-state index in [4.69, 9.17) is 9.47 Å². The van der Waals surface area contributed by atoms with Crippen LogP contribution >= 0.6 is 0 Å². The molecule has 0 spiro atoms. The van der Waals surface area contributed by atoms with Crippen molar-refractivity contribution in [2.24, 2.45) is 0 Å². The zero-order valence-corrected chi connectivity index (χ0v) is 15.3.